The summed E-state index contributed by atoms with van der Waals surface area (Å²) in [5, 5.41) is 6.57. The third kappa shape index (κ3) is 5.94. The Kier molecular flexibility index (Phi) is 7.43. The molecule has 0 aliphatic carbocycles. The van der Waals surface area contributed by atoms with Gasteiger partial charge >= 0.3 is 0 Å². The molecule has 0 bridgehead atoms. The molecule has 0 radical (unpaired) electrons. The summed E-state index contributed by atoms with van der Waals surface area (Å²) in [4.78, 5) is 4.58. The molecule has 0 aliphatic heterocycles. The van der Waals surface area contributed by atoms with E-state index in [2.05, 4.69) is 36.4 Å². The fourth-order valence-electron chi connectivity index (χ4n) is 1.79. The summed E-state index contributed by atoms with van der Waals surface area (Å²) < 4.78 is 10.5. The van der Waals surface area contributed by atoms with E-state index in [0.29, 0.717) is 12.5 Å². The van der Waals surface area contributed by atoms with Crippen molar-refractivity contribution in [1.29, 1.82) is 0 Å². The van der Waals surface area contributed by atoms with Crippen molar-refractivity contribution in [3.8, 4) is 11.5 Å². The van der Waals surface area contributed by atoms with Crippen LogP contribution in [0.25, 0.3) is 0 Å². The predicted molar refractivity (Wildman–Crippen MR) is 87.2 cm³/mol. The number of ether oxygens (including phenoxy) is 2. The molecule has 0 heterocycles. The SMILES string of the molecule is CCNC(=NCc1ccc(OC)c(OC)c1)NCC(C)C. The number of benzene rings is 1. The summed E-state index contributed by atoms with van der Waals surface area (Å²) in [6.45, 7) is 8.74. The summed E-state index contributed by atoms with van der Waals surface area (Å²) in [5.41, 5.74) is 1.08. The molecule has 118 valence electrons. The zero-order chi connectivity index (χ0) is 15.7. The Hall–Kier alpha value is -1.91. The fraction of sp³-hybridized carbons (Fsp3) is 0.562. The highest BCUT2D eigenvalue weighted by molar-refractivity contribution is 5.79. The average Bonchev–Trinajstić information content (AvgIpc) is 2.49. The van der Waals surface area contributed by atoms with E-state index in [1.54, 1.807) is 14.2 Å². The molecule has 0 amide bonds. The predicted octanol–water partition coefficient (Wildman–Crippen LogP) is 2.41. The molecule has 1 aromatic carbocycles. The number of rotatable bonds is 7. The maximum Gasteiger partial charge on any atom is 0.191 e. The Labute approximate surface area is 127 Å². The maximum atomic E-state index is 5.31. The number of guanidine groups is 1. The molecule has 0 atom stereocenters. The Morgan fingerprint density at radius 3 is 2.43 bits per heavy atom. The first-order valence-corrected chi connectivity index (χ1v) is 7.33. The molecule has 0 unspecified atom stereocenters. The quantitative estimate of drug-likeness (QED) is 0.599. The smallest absolute Gasteiger partial charge is 0.191 e. The van der Waals surface area contributed by atoms with E-state index in [-0.39, 0.29) is 0 Å². The van der Waals surface area contributed by atoms with E-state index in [1.165, 1.54) is 0 Å². The zero-order valence-corrected chi connectivity index (χ0v) is 13.7. The van der Waals surface area contributed by atoms with Gasteiger partial charge in [0, 0.05) is 13.1 Å². The molecule has 0 saturated heterocycles. The molecule has 0 aliphatic rings. The summed E-state index contributed by atoms with van der Waals surface area (Å²) in [7, 11) is 3.27. The molecule has 5 nitrogen and oxygen atoms in total. The normalized spacial score (nSPS) is 11.4. The number of methoxy groups -OCH3 is 2. The van der Waals surface area contributed by atoms with Gasteiger partial charge in [-0.1, -0.05) is 19.9 Å². The van der Waals surface area contributed by atoms with E-state index >= 15 is 0 Å². The second-order valence-electron chi connectivity index (χ2n) is 5.16. The van der Waals surface area contributed by atoms with Crippen LogP contribution >= 0.6 is 0 Å². The van der Waals surface area contributed by atoms with Gasteiger partial charge in [0.15, 0.2) is 17.5 Å². The largest absolute Gasteiger partial charge is 0.493 e. The van der Waals surface area contributed by atoms with Gasteiger partial charge in [0.1, 0.15) is 0 Å². The van der Waals surface area contributed by atoms with E-state index in [0.717, 1.165) is 36.1 Å². The van der Waals surface area contributed by atoms with Gasteiger partial charge in [-0.05, 0) is 30.5 Å². The molecule has 1 rings (SSSR count). The van der Waals surface area contributed by atoms with Gasteiger partial charge in [0.2, 0.25) is 0 Å². The minimum Gasteiger partial charge on any atom is -0.493 e. The zero-order valence-electron chi connectivity index (χ0n) is 13.7. The second-order valence-corrected chi connectivity index (χ2v) is 5.16. The molecule has 0 fully saturated rings. The van der Waals surface area contributed by atoms with Crippen LogP contribution in [0.1, 0.15) is 26.3 Å². The molecule has 2 N–H and O–H groups in total. The average molecular weight is 293 g/mol. The molecule has 0 saturated carbocycles. The molecular formula is C16H27N3O2. The van der Waals surface area contributed by atoms with Crippen molar-refractivity contribution in [2.75, 3.05) is 27.3 Å². The van der Waals surface area contributed by atoms with Crippen molar-refractivity contribution in [3.05, 3.63) is 23.8 Å². The minimum atomic E-state index is 0.579. The van der Waals surface area contributed by atoms with Crippen LogP contribution in [0.5, 0.6) is 11.5 Å². The number of aliphatic imine (C=N–C) groups is 1. The van der Waals surface area contributed by atoms with Gasteiger partial charge in [-0.25, -0.2) is 4.99 Å². The van der Waals surface area contributed by atoms with Crippen LogP contribution in [0.2, 0.25) is 0 Å². The van der Waals surface area contributed by atoms with E-state index in [9.17, 15) is 0 Å². The lowest BCUT2D eigenvalue weighted by atomic mass is 10.2. The lowest BCUT2D eigenvalue weighted by molar-refractivity contribution is 0.354. The topological polar surface area (TPSA) is 54.9 Å². The highest BCUT2D eigenvalue weighted by Gasteiger charge is 2.05. The van der Waals surface area contributed by atoms with Crippen molar-refractivity contribution >= 4 is 5.96 Å². The van der Waals surface area contributed by atoms with Crippen molar-refractivity contribution in [2.24, 2.45) is 10.9 Å². The fourth-order valence-corrected chi connectivity index (χ4v) is 1.79. The Bertz CT molecular complexity index is 459. The molecule has 1 aromatic rings. The van der Waals surface area contributed by atoms with E-state index in [1.807, 2.05) is 18.2 Å². The monoisotopic (exact) mass is 293 g/mol. The minimum absolute atomic E-state index is 0.579. The van der Waals surface area contributed by atoms with Crippen LogP contribution in [0.3, 0.4) is 0 Å². The summed E-state index contributed by atoms with van der Waals surface area (Å²) in [6.07, 6.45) is 0. The van der Waals surface area contributed by atoms with Crippen molar-refractivity contribution in [1.82, 2.24) is 10.6 Å². The standard InChI is InChI=1S/C16H27N3O2/c1-6-17-16(18-10-12(2)3)19-11-13-7-8-14(20-4)15(9-13)21-5/h7-9,12H,6,10-11H2,1-5H3,(H2,17,18,19). The van der Waals surface area contributed by atoms with Crippen LogP contribution in [-0.2, 0) is 6.54 Å². The van der Waals surface area contributed by atoms with Gasteiger partial charge in [-0.15, -0.1) is 0 Å². The lowest BCUT2D eigenvalue weighted by Gasteiger charge is -2.13. The first kappa shape index (κ1) is 17.1. The highest BCUT2D eigenvalue weighted by Crippen LogP contribution is 2.27. The molecular weight excluding hydrogens is 266 g/mol. The number of hydrogen-bond acceptors (Lipinski definition) is 3. The van der Waals surface area contributed by atoms with E-state index < -0.39 is 0 Å². The van der Waals surface area contributed by atoms with Crippen LogP contribution in [0.4, 0.5) is 0 Å². The molecule has 5 heteroatoms. The lowest BCUT2D eigenvalue weighted by Crippen LogP contribution is -2.39. The van der Waals surface area contributed by atoms with Crippen LogP contribution < -0.4 is 20.1 Å². The van der Waals surface area contributed by atoms with Gasteiger partial charge in [0.25, 0.3) is 0 Å². The van der Waals surface area contributed by atoms with Gasteiger partial charge in [-0.3, -0.25) is 0 Å². The molecule has 0 spiro atoms. The van der Waals surface area contributed by atoms with Crippen molar-refractivity contribution < 1.29 is 9.47 Å². The number of hydrogen-bond donors (Lipinski definition) is 2. The number of nitrogens with zero attached hydrogens (tertiary/aromatic N) is 1. The van der Waals surface area contributed by atoms with Crippen LogP contribution in [0.15, 0.2) is 23.2 Å². The van der Waals surface area contributed by atoms with Crippen molar-refractivity contribution in [3.63, 3.8) is 0 Å². The van der Waals surface area contributed by atoms with Crippen LogP contribution in [-0.4, -0.2) is 33.3 Å². The third-order valence-corrected chi connectivity index (χ3v) is 2.89. The molecule has 21 heavy (non-hydrogen) atoms. The Morgan fingerprint density at radius 1 is 1.14 bits per heavy atom. The van der Waals surface area contributed by atoms with Crippen LogP contribution in [0, 0.1) is 5.92 Å². The summed E-state index contributed by atoms with van der Waals surface area (Å²) >= 11 is 0. The van der Waals surface area contributed by atoms with Gasteiger partial charge in [-0.2, -0.15) is 0 Å². The summed E-state index contributed by atoms with van der Waals surface area (Å²) in [6, 6.07) is 5.85. The summed E-state index contributed by atoms with van der Waals surface area (Å²) in [5.74, 6) is 2.87. The van der Waals surface area contributed by atoms with Gasteiger partial charge in [0.05, 0.1) is 20.8 Å². The maximum absolute atomic E-state index is 5.31. The first-order valence-electron chi connectivity index (χ1n) is 7.33. The van der Waals surface area contributed by atoms with Crippen molar-refractivity contribution in [2.45, 2.75) is 27.3 Å². The van der Waals surface area contributed by atoms with Gasteiger partial charge < -0.3 is 20.1 Å². The Balaban J connectivity index is 2.74. The second kappa shape index (κ2) is 9.10. The third-order valence-electron chi connectivity index (χ3n) is 2.89. The first-order chi connectivity index (χ1) is 10.1. The highest BCUT2D eigenvalue weighted by atomic mass is 16.5. The Morgan fingerprint density at radius 2 is 1.86 bits per heavy atom. The van der Waals surface area contributed by atoms with E-state index in [4.69, 9.17) is 9.47 Å². The molecule has 0 aromatic heterocycles. The number of nitrogens with one attached hydrogen (secondary N) is 2.